The van der Waals surface area contributed by atoms with Crippen LogP contribution in [0.15, 0.2) is 42.5 Å². The summed E-state index contributed by atoms with van der Waals surface area (Å²) in [5.41, 5.74) is 1.56. The first kappa shape index (κ1) is 17.1. The predicted molar refractivity (Wildman–Crippen MR) is 99.6 cm³/mol. The Balaban J connectivity index is 2.06. The lowest BCUT2D eigenvalue weighted by Crippen LogP contribution is -2.00. The summed E-state index contributed by atoms with van der Waals surface area (Å²) in [4.78, 5) is 0. The van der Waals surface area contributed by atoms with Crippen LogP contribution in [0, 0.1) is 0 Å². The van der Waals surface area contributed by atoms with Gasteiger partial charge in [0.25, 0.3) is 0 Å². The van der Waals surface area contributed by atoms with Crippen molar-refractivity contribution >= 4 is 10.8 Å². The monoisotopic (exact) mass is 296 g/mol. The SMILES string of the molecule is CCCCCCC(CCCCC)c1ccc2ccccc2c1. The Morgan fingerprint density at radius 2 is 1.32 bits per heavy atom. The van der Waals surface area contributed by atoms with Crippen LogP contribution in [0.2, 0.25) is 0 Å². The van der Waals surface area contributed by atoms with Gasteiger partial charge in [0.1, 0.15) is 0 Å². The molecule has 0 radical (unpaired) electrons. The molecule has 22 heavy (non-hydrogen) atoms. The molecule has 2 aromatic rings. The fourth-order valence-corrected chi connectivity index (χ4v) is 3.40. The number of hydrogen-bond donors (Lipinski definition) is 0. The van der Waals surface area contributed by atoms with Gasteiger partial charge in [-0.3, -0.25) is 0 Å². The molecule has 120 valence electrons. The molecule has 0 nitrogen and oxygen atoms in total. The van der Waals surface area contributed by atoms with Crippen LogP contribution in [0.25, 0.3) is 10.8 Å². The van der Waals surface area contributed by atoms with E-state index < -0.39 is 0 Å². The third kappa shape index (κ3) is 5.16. The first-order valence-corrected chi connectivity index (χ1v) is 9.33. The van der Waals surface area contributed by atoms with Crippen LogP contribution in [0.1, 0.15) is 83.1 Å². The van der Waals surface area contributed by atoms with Crippen molar-refractivity contribution in [1.82, 2.24) is 0 Å². The zero-order valence-electron chi connectivity index (χ0n) is 14.5. The molecule has 0 bridgehead atoms. The summed E-state index contributed by atoms with van der Waals surface area (Å²) in [5.74, 6) is 0.757. The van der Waals surface area contributed by atoms with E-state index in [2.05, 4.69) is 56.3 Å². The fourth-order valence-electron chi connectivity index (χ4n) is 3.40. The maximum absolute atomic E-state index is 2.44. The first-order chi connectivity index (χ1) is 10.8. The normalized spacial score (nSPS) is 12.6. The lowest BCUT2D eigenvalue weighted by Gasteiger charge is -2.18. The van der Waals surface area contributed by atoms with Crippen LogP contribution in [-0.2, 0) is 0 Å². The molecule has 0 saturated carbocycles. The molecular weight excluding hydrogens is 264 g/mol. The fraction of sp³-hybridized carbons (Fsp3) is 0.545. The Morgan fingerprint density at radius 1 is 0.682 bits per heavy atom. The van der Waals surface area contributed by atoms with Gasteiger partial charge in [-0.2, -0.15) is 0 Å². The highest BCUT2D eigenvalue weighted by molar-refractivity contribution is 5.83. The van der Waals surface area contributed by atoms with Crippen LogP contribution < -0.4 is 0 Å². The highest BCUT2D eigenvalue weighted by Gasteiger charge is 2.11. The summed E-state index contributed by atoms with van der Waals surface area (Å²) >= 11 is 0. The molecule has 0 aliphatic heterocycles. The molecule has 0 saturated heterocycles. The van der Waals surface area contributed by atoms with E-state index in [9.17, 15) is 0 Å². The standard InChI is InChI=1S/C22H32/c1-3-5-7-9-13-19(12-8-6-4-2)22-17-16-20-14-10-11-15-21(20)18-22/h10-11,14-19H,3-9,12-13H2,1-2H3. The lowest BCUT2D eigenvalue weighted by atomic mass is 9.87. The highest BCUT2D eigenvalue weighted by Crippen LogP contribution is 2.30. The van der Waals surface area contributed by atoms with Crippen molar-refractivity contribution < 1.29 is 0 Å². The van der Waals surface area contributed by atoms with Crippen molar-refractivity contribution in [2.75, 3.05) is 0 Å². The minimum absolute atomic E-state index is 0.757. The Morgan fingerprint density at radius 3 is 2.05 bits per heavy atom. The third-order valence-electron chi connectivity index (χ3n) is 4.81. The Kier molecular flexibility index (Phi) is 7.49. The first-order valence-electron chi connectivity index (χ1n) is 9.33. The van der Waals surface area contributed by atoms with Gasteiger partial charge in [-0.05, 0) is 35.1 Å². The van der Waals surface area contributed by atoms with Gasteiger partial charge >= 0.3 is 0 Å². The number of benzene rings is 2. The van der Waals surface area contributed by atoms with Crippen molar-refractivity contribution in [3.8, 4) is 0 Å². The van der Waals surface area contributed by atoms with Crippen molar-refractivity contribution in [1.29, 1.82) is 0 Å². The molecule has 2 rings (SSSR count). The second-order valence-electron chi connectivity index (χ2n) is 6.65. The van der Waals surface area contributed by atoms with Crippen LogP contribution >= 0.6 is 0 Å². The van der Waals surface area contributed by atoms with E-state index in [0.29, 0.717) is 0 Å². The minimum atomic E-state index is 0.757. The number of unbranched alkanes of at least 4 members (excludes halogenated alkanes) is 5. The van der Waals surface area contributed by atoms with E-state index >= 15 is 0 Å². The Hall–Kier alpha value is -1.30. The summed E-state index contributed by atoms with van der Waals surface area (Å²) in [6.45, 7) is 4.59. The topological polar surface area (TPSA) is 0 Å². The molecule has 2 aromatic carbocycles. The van der Waals surface area contributed by atoms with Gasteiger partial charge < -0.3 is 0 Å². The molecule has 1 unspecified atom stereocenters. The van der Waals surface area contributed by atoms with E-state index in [-0.39, 0.29) is 0 Å². The molecule has 0 amide bonds. The van der Waals surface area contributed by atoms with E-state index in [4.69, 9.17) is 0 Å². The van der Waals surface area contributed by atoms with E-state index in [1.54, 1.807) is 5.56 Å². The summed E-state index contributed by atoms with van der Waals surface area (Å²) in [6, 6.07) is 15.9. The largest absolute Gasteiger partial charge is 0.0654 e. The molecule has 1 atom stereocenters. The van der Waals surface area contributed by atoms with Crippen molar-refractivity contribution in [2.45, 2.75) is 77.6 Å². The van der Waals surface area contributed by atoms with Gasteiger partial charge in [0.05, 0.1) is 0 Å². The number of fused-ring (bicyclic) bond motifs is 1. The molecule has 0 fully saturated rings. The summed E-state index contributed by atoms with van der Waals surface area (Å²) in [7, 11) is 0. The summed E-state index contributed by atoms with van der Waals surface area (Å²) in [5, 5.41) is 2.76. The molecule has 0 heteroatoms. The quantitative estimate of drug-likeness (QED) is 0.399. The zero-order valence-corrected chi connectivity index (χ0v) is 14.5. The van der Waals surface area contributed by atoms with Gasteiger partial charge in [-0.25, -0.2) is 0 Å². The van der Waals surface area contributed by atoms with Crippen LogP contribution in [0.4, 0.5) is 0 Å². The predicted octanol–water partition coefficient (Wildman–Crippen LogP) is 7.47. The van der Waals surface area contributed by atoms with Gasteiger partial charge in [0.2, 0.25) is 0 Å². The Labute approximate surface area is 136 Å². The van der Waals surface area contributed by atoms with Crippen molar-refractivity contribution in [3.05, 3.63) is 48.0 Å². The molecule has 0 heterocycles. The smallest absolute Gasteiger partial charge is 0.0162 e. The van der Waals surface area contributed by atoms with Crippen LogP contribution in [-0.4, -0.2) is 0 Å². The van der Waals surface area contributed by atoms with E-state index in [1.165, 1.54) is 68.6 Å². The van der Waals surface area contributed by atoms with E-state index in [0.717, 1.165) is 5.92 Å². The van der Waals surface area contributed by atoms with Crippen LogP contribution in [0.5, 0.6) is 0 Å². The van der Waals surface area contributed by atoms with Crippen molar-refractivity contribution in [3.63, 3.8) is 0 Å². The highest BCUT2D eigenvalue weighted by atomic mass is 14.2. The average Bonchev–Trinajstić information content (AvgIpc) is 2.57. The summed E-state index contributed by atoms with van der Waals surface area (Å²) in [6.07, 6.45) is 12.3. The van der Waals surface area contributed by atoms with Gasteiger partial charge in [-0.1, -0.05) is 101 Å². The third-order valence-corrected chi connectivity index (χ3v) is 4.81. The molecular formula is C22H32. The molecule has 0 spiro atoms. The number of hydrogen-bond acceptors (Lipinski definition) is 0. The molecule has 0 aliphatic rings. The lowest BCUT2D eigenvalue weighted by molar-refractivity contribution is 0.501. The molecule has 0 N–H and O–H groups in total. The summed E-state index contributed by atoms with van der Waals surface area (Å²) < 4.78 is 0. The van der Waals surface area contributed by atoms with Crippen LogP contribution in [0.3, 0.4) is 0 Å². The van der Waals surface area contributed by atoms with Gasteiger partial charge in [-0.15, -0.1) is 0 Å². The second kappa shape index (κ2) is 9.66. The maximum atomic E-state index is 2.44. The molecule has 0 aliphatic carbocycles. The minimum Gasteiger partial charge on any atom is -0.0654 e. The Bertz CT molecular complexity index is 540. The average molecular weight is 296 g/mol. The van der Waals surface area contributed by atoms with E-state index in [1.807, 2.05) is 0 Å². The zero-order chi connectivity index (χ0) is 15.6. The second-order valence-corrected chi connectivity index (χ2v) is 6.65. The van der Waals surface area contributed by atoms with Crippen molar-refractivity contribution in [2.24, 2.45) is 0 Å². The molecule has 0 aromatic heterocycles. The van der Waals surface area contributed by atoms with Gasteiger partial charge in [0, 0.05) is 0 Å². The number of rotatable bonds is 10. The van der Waals surface area contributed by atoms with Gasteiger partial charge in [0.15, 0.2) is 0 Å². The maximum Gasteiger partial charge on any atom is -0.0162 e.